The zero-order valence-corrected chi connectivity index (χ0v) is 15.0. The summed E-state index contributed by atoms with van der Waals surface area (Å²) in [5.74, 6) is -1.58. The molecule has 0 aliphatic carbocycles. The molecule has 2 aromatic rings. The Morgan fingerprint density at radius 2 is 1.83 bits per heavy atom. The van der Waals surface area contributed by atoms with Crippen LogP contribution in [0.25, 0.3) is 6.08 Å². The van der Waals surface area contributed by atoms with Gasteiger partial charge in [0, 0.05) is 12.1 Å². The van der Waals surface area contributed by atoms with Crippen LogP contribution in [-0.2, 0) is 20.5 Å². The van der Waals surface area contributed by atoms with Gasteiger partial charge in [0.25, 0.3) is 11.6 Å². The maximum atomic E-state index is 12.5. The van der Waals surface area contributed by atoms with Crippen molar-refractivity contribution in [1.29, 1.82) is 0 Å². The third-order valence-corrected chi connectivity index (χ3v) is 3.77. The smallest absolute Gasteiger partial charge is 0.416 e. The van der Waals surface area contributed by atoms with Crippen molar-refractivity contribution >= 4 is 29.3 Å². The highest BCUT2D eigenvalue weighted by Gasteiger charge is 2.29. The molecule has 10 heteroatoms. The van der Waals surface area contributed by atoms with E-state index in [9.17, 15) is 32.9 Å². The summed E-state index contributed by atoms with van der Waals surface area (Å²) in [6, 6.07) is 8.28. The van der Waals surface area contributed by atoms with E-state index in [1.165, 1.54) is 43.3 Å². The first-order valence-electron chi connectivity index (χ1n) is 8.14. The molecule has 0 radical (unpaired) electrons. The van der Waals surface area contributed by atoms with Crippen molar-refractivity contribution in [2.75, 3.05) is 11.9 Å². The van der Waals surface area contributed by atoms with Gasteiger partial charge in [-0.25, -0.2) is 4.79 Å². The number of halogens is 3. The van der Waals surface area contributed by atoms with Crippen LogP contribution in [0.3, 0.4) is 0 Å². The number of hydrogen-bond acceptors (Lipinski definition) is 5. The van der Waals surface area contributed by atoms with E-state index < -0.39 is 35.1 Å². The second-order valence-electron chi connectivity index (χ2n) is 5.82. The summed E-state index contributed by atoms with van der Waals surface area (Å²) in [4.78, 5) is 33.8. The number of nitro groups is 1. The predicted octanol–water partition coefficient (Wildman–Crippen LogP) is 4.12. The zero-order valence-electron chi connectivity index (χ0n) is 15.0. The van der Waals surface area contributed by atoms with Gasteiger partial charge < -0.3 is 10.1 Å². The molecule has 7 nitrogen and oxygen atoms in total. The standard InChI is InChI=1S/C19H15F3N2O5/c1-12-15(3-2-4-16(12)24(27)28)23-17(25)11-29-18(26)10-7-13-5-8-14(9-6-13)19(20,21)22/h2-10H,11H2,1H3,(H,23,25)/b10-7+. The Labute approximate surface area is 162 Å². The summed E-state index contributed by atoms with van der Waals surface area (Å²) in [6.07, 6.45) is -2.24. The Kier molecular flexibility index (Phi) is 6.71. The highest BCUT2D eigenvalue weighted by Crippen LogP contribution is 2.29. The molecule has 29 heavy (non-hydrogen) atoms. The van der Waals surface area contributed by atoms with Crippen LogP contribution in [0.1, 0.15) is 16.7 Å². The molecule has 0 spiro atoms. The van der Waals surface area contributed by atoms with Gasteiger partial charge in [0.05, 0.1) is 21.7 Å². The third kappa shape index (κ3) is 6.16. The normalized spacial score (nSPS) is 11.3. The van der Waals surface area contributed by atoms with Crippen LogP contribution in [0.4, 0.5) is 24.5 Å². The van der Waals surface area contributed by atoms with Gasteiger partial charge in [-0.2, -0.15) is 13.2 Å². The molecule has 1 N–H and O–H groups in total. The van der Waals surface area contributed by atoms with Crippen molar-refractivity contribution in [3.05, 3.63) is 75.3 Å². The molecule has 0 unspecified atom stereocenters. The number of nitro benzene ring substituents is 1. The lowest BCUT2D eigenvalue weighted by molar-refractivity contribution is -0.385. The monoisotopic (exact) mass is 408 g/mol. The lowest BCUT2D eigenvalue weighted by Gasteiger charge is -2.08. The average molecular weight is 408 g/mol. The molecular weight excluding hydrogens is 393 g/mol. The fourth-order valence-corrected chi connectivity index (χ4v) is 2.28. The summed E-state index contributed by atoms with van der Waals surface area (Å²) in [5.41, 5.74) is -0.184. The zero-order chi connectivity index (χ0) is 21.6. The lowest BCUT2D eigenvalue weighted by atomic mass is 10.1. The predicted molar refractivity (Wildman–Crippen MR) is 97.9 cm³/mol. The van der Waals surface area contributed by atoms with Crippen LogP contribution in [0.15, 0.2) is 48.5 Å². The van der Waals surface area contributed by atoms with Crippen molar-refractivity contribution in [2.24, 2.45) is 0 Å². The molecular formula is C19H15F3N2O5. The fourth-order valence-electron chi connectivity index (χ4n) is 2.28. The van der Waals surface area contributed by atoms with Crippen molar-refractivity contribution in [1.82, 2.24) is 0 Å². The van der Waals surface area contributed by atoms with E-state index in [1.54, 1.807) is 0 Å². The van der Waals surface area contributed by atoms with E-state index in [2.05, 4.69) is 5.32 Å². The molecule has 152 valence electrons. The summed E-state index contributed by atoms with van der Waals surface area (Å²) in [6.45, 7) is 0.824. The van der Waals surface area contributed by atoms with E-state index in [-0.39, 0.29) is 16.9 Å². The Morgan fingerprint density at radius 1 is 1.17 bits per heavy atom. The van der Waals surface area contributed by atoms with Gasteiger partial charge in [-0.1, -0.05) is 18.2 Å². The number of nitrogens with zero attached hydrogens (tertiary/aromatic N) is 1. The molecule has 1 amide bonds. The Bertz CT molecular complexity index is 953. The summed E-state index contributed by atoms with van der Waals surface area (Å²) in [5, 5.41) is 13.3. The van der Waals surface area contributed by atoms with E-state index in [4.69, 9.17) is 4.74 Å². The lowest BCUT2D eigenvalue weighted by Crippen LogP contribution is -2.20. The summed E-state index contributed by atoms with van der Waals surface area (Å²) in [7, 11) is 0. The summed E-state index contributed by atoms with van der Waals surface area (Å²) >= 11 is 0. The van der Waals surface area contributed by atoms with Crippen LogP contribution in [0.5, 0.6) is 0 Å². The number of rotatable bonds is 6. The van der Waals surface area contributed by atoms with Crippen LogP contribution in [0.2, 0.25) is 0 Å². The number of carbonyl (C=O) groups excluding carboxylic acids is 2. The quantitative estimate of drug-likeness (QED) is 0.336. The molecule has 0 saturated carbocycles. The number of hydrogen-bond donors (Lipinski definition) is 1. The van der Waals surface area contributed by atoms with Crippen LogP contribution in [-0.4, -0.2) is 23.4 Å². The number of carbonyl (C=O) groups is 2. The van der Waals surface area contributed by atoms with Gasteiger partial charge in [-0.15, -0.1) is 0 Å². The number of alkyl halides is 3. The van der Waals surface area contributed by atoms with Gasteiger partial charge in [0.15, 0.2) is 6.61 Å². The average Bonchev–Trinajstić information content (AvgIpc) is 2.65. The van der Waals surface area contributed by atoms with E-state index >= 15 is 0 Å². The minimum Gasteiger partial charge on any atom is -0.452 e. The fraction of sp³-hybridized carbons (Fsp3) is 0.158. The SMILES string of the molecule is Cc1c(NC(=O)COC(=O)/C=C/c2ccc(C(F)(F)F)cc2)cccc1[N+](=O)[O-]. The van der Waals surface area contributed by atoms with Gasteiger partial charge >= 0.3 is 12.1 Å². The molecule has 0 fully saturated rings. The number of ether oxygens (including phenoxy) is 1. The molecule has 0 bridgehead atoms. The first-order valence-corrected chi connectivity index (χ1v) is 8.14. The minimum atomic E-state index is -4.45. The highest BCUT2D eigenvalue weighted by molar-refractivity contribution is 5.95. The number of anilines is 1. The van der Waals surface area contributed by atoms with E-state index in [0.29, 0.717) is 5.56 Å². The van der Waals surface area contributed by atoms with Crippen LogP contribution < -0.4 is 5.32 Å². The first kappa shape index (κ1) is 21.6. The molecule has 0 aromatic heterocycles. The molecule has 0 saturated heterocycles. The second kappa shape index (κ2) is 9.00. The number of amides is 1. The highest BCUT2D eigenvalue weighted by atomic mass is 19.4. The van der Waals surface area contributed by atoms with Crippen molar-refractivity contribution < 1.29 is 32.4 Å². The van der Waals surface area contributed by atoms with Crippen molar-refractivity contribution in [3.63, 3.8) is 0 Å². The largest absolute Gasteiger partial charge is 0.452 e. The number of esters is 1. The third-order valence-electron chi connectivity index (χ3n) is 3.77. The van der Waals surface area contributed by atoms with Crippen molar-refractivity contribution in [3.8, 4) is 0 Å². The van der Waals surface area contributed by atoms with Crippen LogP contribution >= 0.6 is 0 Å². The van der Waals surface area contributed by atoms with E-state index in [1.807, 2.05) is 0 Å². The molecule has 0 heterocycles. The second-order valence-corrected chi connectivity index (χ2v) is 5.82. The van der Waals surface area contributed by atoms with Crippen molar-refractivity contribution in [2.45, 2.75) is 13.1 Å². The number of nitrogens with one attached hydrogen (secondary N) is 1. The van der Waals surface area contributed by atoms with Gasteiger partial charge in [0.1, 0.15) is 0 Å². The van der Waals surface area contributed by atoms with Crippen LogP contribution in [0, 0.1) is 17.0 Å². The molecule has 0 atom stereocenters. The molecule has 0 aliphatic heterocycles. The molecule has 0 aliphatic rings. The maximum Gasteiger partial charge on any atom is 0.416 e. The van der Waals surface area contributed by atoms with E-state index in [0.717, 1.165) is 18.2 Å². The summed E-state index contributed by atoms with van der Waals surface area (Å²) < 4.78 is 42.2. The van der Waals surface area contributed by atoms with Gasteiger partial charge in [-0.3, -0.25) is 14.9 Å². The number of benzene rings is 2. The first-order chi connectivity index (χ1) is 13.6. The topological polar surface area (TPSA) is 98.5 Å². The molecule has 2 rings (SSSR count). The Balaban J connectivity index is 1.89. The van der Waals surface area contributed by atoms with Gasteiger partial charge in [0.2, 0.25) is 0 Å². The van der Waals surface area contributed by atoms with Gasteiger partial charge in [-0.05, 0) is 36.8 Å². The Hall–Kier alpha value is -3.69. The minimum absolute atomic E-state index is 0.167. The maximum absolute atomic E-state index is 12.5. The Morgan fingerprint density at radius 3 is 2.41 bits per heavy atom. The molecule has 2 aromatic carbocycles.